The average Bonchev–Trinajstić information content (AvgIpc) is 1.55. The second-order valence-electron chi connectivity index (χ2n) is 28.6. The molecule has 23 aromatic rings. The summed E-state index contributed by atoms with van der Waals surface area (Å²) in [6.07, 6.45) is 0. The molecule has 0 bridgehead atoms. The summed E-state index contributed by atoms with van der Waals surface area (Å²) in [5.74, 6) is 2.61. The first-order chi connectivity index (χ1) is 56.5. The highest BCUT2D eigenvalue weighted by molar-refractivity contribution is 6.27. The van der Waals surface area contributed by atoms with Gasteiger partial charge in [0.1, 0.15) is 22.2 Å². The summed E-state index contributed by atoms with van der Waals surface area (Å²) in [6.45, 7) is 0. The van der Waals surface area contributed by atoms with Gasteiger partial charge in [-0.1, -0.05) is 303 Å². The van der Waals surface area contributed by atoms with Crippen LogP contribution in [0.3, 0.4) is 0 Å². The zero-order chi connectivity index (χ0) is 75.2. The van der Waals surface area contributed by atoms with Crippen molar-refractivity contribution in [3.63, 3.8) is 0 Å². The van der Waals surface area contributed by atoms with E-state index in [2.05, 4.69) is 282 Å². The molecule has 8 heterocycles. The Morgan fingerprint density at radius 1 is 0.211 bits per heavy atom. The van der Waals surface area contributed by atoms with E-state index < -0.39 is 0 Å². The third-order valence-electron chi connectivity index (χ3n) is 21.9. The van der Waals surface area contributed by atoms with E-state index in [0.717, 1.165) is 188 Å². The molecule has 0 atom stereocenters. The van der Waals surface area contributed by atoms with Crippen LogP contribution in [0.2, 0.25) is 0 Å². The van der Waals surface area contributed by atoms with Crippen molar-refractivity contribution in [3.8, 4) is 113 Å². The normalized spacial score (nSPS) is 11.7. The van der Waals surface area contributed by atoms with E-state index >= 15 is 0 Å². The number of pyridine rings is 2. The van der Waals surface area contributed by atoms with Gasteiger partial charge in [-0.05, 0) is 112 Å². The maximum Gasteiger partial charge on any atom is 0.164 e. The van der Waals surface area contributed by atoms with Crippen LogP contribution in [0, 0.1) is 0 Å². The lowest BCUT2D eigenvalue weighted by atomic mass is 9.98. The Morgan fingerprint density at radius 2 is 0.518 bits per heavy atom. The van der Waals surface area contributed by atoms with Crippen LogP contribution in [0.5, 0.6) is 0 Å². The second kappa shape index (κ2) is 27.2. The molecule has 8 aromatic heterocycles. The van der Waals surface area contributed by atoms with E-state index in [0.29, 0.717) is 23.3 Å². The van der Waals surface area contributed by atoms with Crippen molar-refractivity contribution in [1.82, 2.24) is 44.0 Å². The first-order valence-electron chi connectivity index (χ1n) is 38.2. The lowest BCUT2D eigenvalue weighted by Crippen LogP contribution is -2.00. The number of rotatable bonds is 11. The van der Waals surface area contributed by atoms with Crippen LogP contribution in [0.4, 0.5) is 0 Å². The molecule has 114 heavy (non-hydrogen) atoms. The van der Waals surface area contributed by atoms with Crippen molar-refractivity contribution in [3.05, 3.63) is 382 Å². The Balaban J connectivity index is 0.000000140. The number of hydrogen-bond donors (Lipinski definition) is 0. The first kappa shape index (κ1) is 65.5. The SMILES string of the molecule is c1ccc(-c2cc(-c3ccc(-n4c5ccccc5c5oc6c7ccccc7nc(-c7cccc8ccccc78)c6c54)cc3)nc(-c3ccccc3)n2)cc1.c1ccc(-c2nc(-c3ccccc3)nc(-c3ccc(-c4ccc(-n5c6ccccc6c6oc7c8ccccc8nc(-c8cccc9ccccc89)c7c65)cc4)cc3)n2)cc1. The summed E-state index contributed by atoms with van der Waals surface area (Å²) in [5.41, 5.74) is 25.1. The van der Waals surface area contributed by atoms with Crippen LogP contribution in [0.1, 0.15) is 0 Å². The summed E-state index contributed by atoms with van der Waals surface area (Å²) < 4.78 is 18.6. The van der Waals surface area contributed by atoms with Crippen molar-refractivity contribution in [2.24, 2.45) is 0 Å². The molecule has 0 radical (unpaired) electrons. The van der Waals surface area contributed by atoms with Crippen molar-refractivity contribution in [1.29, 1.82) is 0 Å². The van der Waals surface area contributed by atoms with Crippen LogP contribution >= 0.6 is 0 Å². The molecule has 0 saturated heterocycles. The number of para-hydroxylation sites is 4. The zero-order valence-electron chi connectivity index (χ0n) is 61.2. The fourth-order valence-corrected chi connectivity index (χ4v) is 16.5. The smallest absolute Gasteiger partial charge is 0.164 e. The van der Waals surface area contributed by atoms with Gasteiger partial charge in [0.25, 0.3) is 0 Å². The van der Waals surface area contributed by atoms with Gasteiger partial charge < -0.3 is 18.0 Å². The minimum atomic E-state index is 0.630. The quantitative estimate of drug-likeness (QED) is 0.124. The highest BCUT2D eigenvalue weighted by Crippen LogP contribution is 2.49. The molecule has 0 aliphatic heterocycles. The minimum absolute atomic E-state index is 0.630. The van der Waals surface area contributed by atoms with Crippen LogP contribution in [-0.2, 0) is 0 Å². The molecule has 0 unspecified atom stereocenters. The molecule has 0 aliphatic rings. The molecule has 0 amide bonds. The largest absolute Gasteiger partial charge is 0.453 e. The maximum atomic E-state index is 6.99. The Bertz CT molecular complexity index is 7560. The predicted octanol–water partition coefficient (Wildman–Crippen LogP) is 26.4. The standard InChI is InChI=1S/C54H33N5O.C49H30N4O/c1-3-15-37(16-4-1)52-56-53(38-17-5-2-6-18-38)58-54(57-52)39-28-26-34(27-29-39)35-30-32-40(33-31-35)59-46-25-12-10-22-44(46)51-49(59)47-48(42-23-13-19-36-14-7-8-20-41(36)42)55-45-24-11-9-21-43(45)50(47)60-51;1-3-15-32(16-4-1)41-30-42(52-49(51-41)34-17-5-2-6-18-34)33-26-28-35(29-27-33)53-43-25-12-10-22-39(43)48-46(53)44-45(37-23-13-19-31-14-7-8-20-36(31)37)50-40-24-11-9-21-38(40)47(44)54-48/h1-33H;1-30H. The Hall–Kier alpha value is -15.6. The molecule has 0 fully saturated rings. The molecule has 0 saturated carbocycles. The number of nitrogens with zero attached hydrogens (tertiary/aromatic N) is 9. The molecule has 23 rings (SSSR count). The lowest BCUT2D eigenvalue weighted by Gasteiger charge is -2.13. The van der Waals surface area contributed by atoms with Gasteiger partial charge >= 0.3 is 0 Å². The molecule has 532 valence electrons. The first-order valence-corrected chi connectivity index (χ1v) is 38.2. The summed E-state index contributed by atoms with van der Waals surface area (Å²) in [5, 5.41) is 10.7. The van der Waals surface area contributed by atoms with Gasteiger partial charge in [0.15, 0.2) is 34.5 Å². The van der Waals surface area contributed by atoms with E-state index in [1.54, 1.807) is 0 Å². The Morgan fingerprint density at radius 3 is 0.947 bits per heavy atom. The van der Waals surface area contributed by atoms with E-state index in [9.17, 15) is 0 Å². The number of fused-ring (bicyclic) bond motifs is 16. The van der Waals surface area contributed by atoms with Crippen molar-refractivity contribution in [2.45, 2.75) is 0 Å². The van der Waals surface area contributed by atoms with E-state index in [4.69, 9.17) is 43.7 Å². The second-order valence-corrected chi connectivity index (χ2v) is 28.6. The minimum Gasteiger partial charge on any atom is -0.453 e. The van der Waals surface area contributed by atoms with E-state index in [-0.39, 0.29) is 0 Å². The zero-order valence-corrected chi connectivity index (χ0v) is 61.2. The Labute approximate surface area is 653 Å². The summed E-state index contributed by atoms with van der Waals surface area (Å²) in [6, 6.07) is 132. The van der Waals surface area contributed by atoms with Gasteiger partial charge in [0.2, 0.25) is 0 Å². The molecule has 0 spiro atoms. The average molecular weight is 1460 g/mol. The third kappa shape index (κ3) is 11.2. The maximum absolute atomic E-state index is 6.99. The monoisotopic (exact) mass is 1460 g/mol. The summed E-state index contributed by atoms with van der Waals surface area (Å²) in [7, 11) is 0. The molecule has 11 nitrogen and oxygen atoms in total. The number of furan rings is 2. The van der Waals surface area contributed by atoms with Crippen molar-refractivity contribution in [2.75, 3.05) is 0 Å². The molecule has 0 N–H and O–H groups in total. The third-order valence-corrected chi connectivity index (χ3v) is 21.9. The van der Waals surface area contributed by atoms with Gasteiger partial charge in [-0.25, -0.2) is 34.9 Å². The predicted molar refractivity (Wildman–Crippen MR) is 465 cm³/mol. The van der Waals surface area contributed by atoms with E-state index in [1.165, 1.54) is 10.8 Å². The van der Waals surface area contributed by atoms with Crippen molar-refractivity contribution < 1.29 is 8.83 Å². The number of hydrogen-bond acceptors (Lipinski definition) is 9. The molecule has 11 heteroatoms. The fraction of sp³-hybridized carbons (Fsp3) is 0. The van der Waals surface area contributed by atoms with Crippen LogP contribution in [0.15, 0.2) is 391 Å². The van der Waals surface area contributed by atoms with Crippen LogP contribution < -0.4 is 0 Å². The Kier molecular flexibility index (Phi) is 15.6. The molecule has 15 aromatic carbocycles. The molecular formula is C103H63N9O2. The van der Waals surface area contributed by atoms with Gasteiger partial charge in [-0.15, -0.1) is 0 Å². The van der Waals surface area contributed by atoms with Gasteiger partial charge in [0.05, 0.1) is 55.6 Å². The van der Waals surface area contributed by atoms with Gasteiger partial charge in [-0.3, -0.25) is 0 Å². The molecule has 0 aliphatic carbocycles. The fourth-order valence-electron chi connectivity index (χ4n) is 16.5. The number of aromatic nitrogens is 9. The van der Waals surface area contributed by atoms with Gasteiger partial charge in [0, 0.05) is 77.4 Å². The van der Waals surface area contributed by atoms with Gasteiger partial charge in [-0.2, -0.15) is 0 Å². The topological polar surface area (TPSA) is 126 Å². The summed E-state index contributed by atoms with van der Waals surface area (Å²) in [4.78, 5) is 35.6. The highest BCUT2D eigenvalue weighted by Gasteiger charge is 2.28. The molecular weight excluding hydrogens is 1400 g/mol. The number of benzene rings is 15. The summed E-state index contributed by atoms with van der Waals surface area (Å²) >= 11 is 0. The van der Waals surface area contributed by atoms with E-state index in [1.807, 2.05) is 109 Å². The van der Waals surface area contributed by atoms with Crippen molar-refractivity contribution >= 4 is 109 Å². The van der Waals surface area contributed by atoms with Crippen LogP contribution in [0.25, 0.3) is 222 Å². The van der Waals surface area contributed by atoms with Crippen LogP contribution in [-0.4, -0.2) is 44.0 Å². The highest BCUT2D eigenvalue weighted by atomic mass is 16.3. The lowest BCUT2D eigenvalue weighted by molar-refractivity contribution is 0.676.